The summed E-state index contributed by atoms with van der Waals surface area (Å²) in [6.45, 7) is 8.23. The third kappa shape index (κ3) is 7.72. The molecule has 0 amide bonds. The summed E-state index contributed by atoms with van der Waals surface area (Å²) in [5.41, 5.74) is 1.92. The van der Waals surface area contributed by atoms with Crippen LogP contribution < -0.4 is 4.90 Å². The van der Waals surface area contributed by atoms with Gasteiger partial charge >= 0.3 is 0 Å². The number of carbonyl (C=O) groups is 2. The smallest absolute Gasteiger partial charge is 0.211 e. The molecular weight excluding hydrogens is 438 g/mol. The molecule has 0 radical (unpaired) electrons. The molecule has 0 N–H and O–H groups in total. The molecule has 1 aromatic heterocycles. The number of halogens is 1. The minimum absolute atomic E-state index is 0.711. The first-order valence-corrected chi connectivity index (χ1v) is 11.9. The van der Waals surface area contributed by atoms with E-state index in [1.165, 1.54) is 6.92 Å². The van der Waals surface area contributed by atoms with E-state index < -0.39 is 0 Å². The molecule has 1 saturated heterocycles. The van der Waals surface area contributed by atoms with Crippen LogP contribution in [0, 0.1) is 0 Å². The molecule has 1 aliphatic rings. The highest BCUT2D eigenvalue weighted by atomic mass is 35.5. The van der Waals surface area contributed by atoms with E-state index in [0.29, 0.717) is 5.02 Å². The number of nitrogens with zero attached hydrogens (tertiary/aromatic N) is 5. The number of rotatable bonds is 9. The lowest BCUT2D eigenvalue weighted by Gasteiger charge is -2.39. The van der Waals surface area contributed by atoms with Crippen LogP contribution in [0.15, 0.2) is 42.4 Å². The van der Waals surface area contributed by atoms with Crippen LogP contribution in [0.3, 0.4) is 0 Å². The molecule has 0 atom stereocenters. The van der Waals surface area contributed by atoms with Crippen LogP contribution in [-0.2, 0) is 16.6 Å². The van der Waals surface area contributed by atoms with Crippen molar-refractivity contribution in [1.82, 2.24) is 19.4 Å². The molecule has 0 spiro atoms. The molecule has 7 nitrogen and oxygen atoms in total. The second-order valence-corrected chi connectivity index (χ2v) is 8.53. The average molecular weight is 474 g/mol. The number of benzene rings is 1. The molecule has 1 aliphatic heterocycles. The third-order valence-electron chi connectivity index (χ3n) is 5.54. The number of aldehydes is 2. The Morgan fingerprint density at radius 1 is 1.09 bits per heavy atom. The minimum Gasteiger partial charge on any atom is -0.355 e. The third-order valence-corrected chi connectivity index (χ3v) is 5.79. The first-order chi connectivity index (χ1) is 15.9. The predicted molar refractivity (Wildman–Crippen MR) is 135 cm³/mol. The molecule has 180 valence electrons. The zero-order valence-corrected chi connectivity index (χ0v) is 21.0. The molecule has 1 fully saturated rings. The number of unbranched alkanes of at least 4 members (excludes halogenated alkanes) is 2. The standard InChI is InChI=1S/C23H32ClN5O.C2H4O/c1-4-5-6-12-29(22(11-17-30)28-15-13-26(2)14-16-28)23-25-21(18-27(23)3)19-7-9-20(24)10-8-19;1-2-3/h7-11,17-18H,4-6,12-16H2,1-3H3;2H,1H3/b22-11-;. The molecule has 0 unspecified atom stereocenters. The summed E-state index contributed by atoms with van der Waals surface area (Å²) < 4.78 is 2.05. The molecule has 8 heteroatoms. The van der Waals surface area contributed by atoms with Crippen molar-refractivity contribution in [3.05, 3.63) is 47.4 Å². The first-order valence-electron chi connectivity index (χ1n) is 11.5. The van der Waals surface area contributed by atoms with E-state index in [9.17, 15) is 4.79 Å². The number of piperazine rings is 1. The Bertz CT molecular complexity index is 902. The largest absolute Gasteiger partial charge is 0.355 e. The Hall–Kier alpha value is -2.64. The topological polar surface area (TPSA) is 61.7 Å². The Balaban J connectivity index is 0.00000122. The minimum atomic E-state index is 0.711. The van der Waals surface area contributed by atoms with Crippen LogP contribution in [0.4, 0.5) is 5.95 Å². The highest BCUT2D eigenvalue weighted by Gasteiger charge is 2.24. The summed E-state index contributed by atoms with van der Waals surface area (Å²) in [6.07, 6.45) is 8.70. The van der Waals surface area contributed by atoms with Gasteiger partial charge in [0.25, 0.3) is 0 Å². The maximum Gasteiger partial charge on any atom is 0.211 e. The van der Waals surface area contributed by atoms with Gasteiger partial charge in [0, 0.05) is 62.6 Å². The predicted octanol–water partition coefficient (Wildman–Crippen LogP) is 4.23. The fraction of sp³-hybridized carbons (Fsp3) is 0.480. The number of aryl methyl sites for hydroxylation is 1. The van der Waals surface area contributed by atoms with Crippen LogP contribution in [0.2, 0.25) is 5.02 Å². The molecule has 2 aromatic rings. The summed E-state index contributed by atoms with van der Waals surface area (Å²) in [7, 11) is 4.15. The van der Waals surface area contributed by atoms with E-state index in [4.69, 9.17) is 21.4 Å². The number of likely N-dealkylation sites (N-methyl/N-ethyl adjacent to an activating group) is 1. The molecule has 3 rings (SSSR count). The number of anilines is 1. The first kappa shape index (κ1) is 26.6. The maximum absolute atomic E-state index is 11.6. The van der Waals surface area contributed by atoms with Gasteiger partial charge in [-0.2, -0.15) is 0 Å². The van der Waals surface area contributed by atoms with Crippen LogP contribution >= 0.6 is 11.6 Å². The molecule has 0 bridgehead atoms. The number of aromatic nitrogens is 2. The Labute approximate surface area is 202 Å². The van der Waals surface area contributed by atoms with Crippen molar-refractivity contribution in [3.8, 4) is 11.3 Å². The van der Waals surface area contributed by atoms with E-state index in [2.05, 4.69) is 28.7 Å². The summed E-state index contributed by atoms with van der Waals surface area (Å²) in [6, 6.07) is 7.73. The highest BCUT2D eigenvalue weighted by molar-refractivity contribution is 6.30. The second-order valence-electron chi connectivity index (χ2n) is 8.09. The quantitative estimate of drug-likeness (QED) is 0.308. The number of imidazole rings is 1. The van der Waals surface area contributed by atoms with E-state index in [-0.39, 0.29) is 0 Å². The lowest BCUT2D eigenvalue weighted by Crippen LogP contribution is -2.48. The normalized spacial score (nSPS) is 14.5. The molecular formula is C25H36ClN5O2. The van der Waals surface area contributed by atoms with E-state index >= 15 is 0 Å². The molecule has 33 heavy (non-hydrogen) atoms. The highest BCUT2D eigenvalue weighted by Crippen LogP contribution is 2.27. The van der Waals surface area contributed by atoms with Crippen molar-refractivity contribution in [2.75, 3.05) is 44.7 Å². The van der Waals surface area contributed by atoms with Gasteiger partial charge in [-0.1, -0.05) is 43.5 Å². The molecule has 0 saturated carbocycles. The summed E-state index contributed by atoms with van der Waals surface area (Å²) in [4.78, 5) is 32.1. The van der Waals surface area contributed by atoms with Gasteiger partial charge in [0.15, 0.2) is 0 Å². The van der Waals surface area contributed by atoms with Crippen molar-refractivity contribution < 1.29 is 9.59 Å². The van der Waals surface area contributed by atoms with Gasteiger partial charge in [0.1, 0.15) is 18.4 Å². The van der Waals surface area contributed by atoms with Gasteiger partial charge < -0.3 is 19.2 Å². The van der Waals surface area contributed by atoms with Crippen LogP contribution in [0.1, 0.15) is 33.1 Å². The van der Waals surface area contributed by atoms with Gasteiger partial charge in [0.05, 0.1) is 5.69 Å². The second kappa shape index (κ2) is 13.8. The van der Waals surface area contributed by atoms with Crippen molar-refractivity contribution in [2.45, 2.75) is 33.1 Å². The van der Waals surface area contributed by atoms with Crippen molar-refractivity contribution >= 4 is 30.1 Å². The summed E-state index contributed by atoms with van der Waals surface area (Å²) in [5.74, 6) is 1.79. The Morgan fingerprint density at radius 3 is 2.30 bits per heavy atom. The average Bonchev–Trinajstić information content (AvgIpc) is 3.18. The van der Waals surface area contributed by atoms with Gasteiger partial charge in [-0.15, -0.1) is 0 Å². The zero-order chi connectivity index (χ0) is 24.2. The summed E-state index contributed by atoms with van der Waals surface area (Å²) in [5, 5.41) is 0.711. The summed E-state index contributed by atoms with van der Waals surface area (Å²) >= 11 is 6.05. The molecule has 1 aromatic carbocycles. The van der Waals surface area contributed by atoms with Gasteiger partial charge in [-0.05, 0) is 32.5 Å². The number of carbonyl (C=O) groups excluding carboxylic acids is 2. The number of allylic oxidation sites excluding steroid dienone is 1. The van der Waals surface area contributed by atoms with Crippen molar-refractivity contribution in [3.63, 3.8) is 0 Å². The lowest BCUT2D eigenvalue weighted by atomic mass is 10.2. The number of hydrogen-bond donors (Lipinski definition) is 0. The maximum atomic E-state index is 11.6. The van der Waals surface area contributed by atoms with Gasteiger partial charge in [-0.25, -0.2) is 4.98 Å². The SMILES string of the molecule is CC=O.CCCCCN(/C(=C\C=O)N1CCN(C)CC1)c1nc(-c2ccc(Cl)cc2)cn1C. The Kier molecular flexibility index (Phi) is 11.1. The van der Waals surface area contributed by atoms with Gasteiger partial charge in [-0.3, -0.25) is 9.69 Å². The van der Waals surface area contributed by atoms with E-state index in [1.807, 2.05) is 42.1 Å². The molecule has 0 aliphatic carbocycles. The molecule has 2 heterocycles. The van der Waals surface area contributed by atoms with Crippen LogP contribution in [0.25, 0.3) is 11.3 Å². The van der Waals surface area contributed by atoms with Crippen LogP contribution in [0.5, 0.6) is 0 Å². The Morgan fingerprint density at radius 2 is 1.73 bits per heavy atom. The van der Waals surface area contributed by atoms with Gasteiger partial charge in [0.2, 0.25) is 5.95 Å². The monoisotopic (exact) mass is 473 g/mol. The van der Waals surface area contributed by atoms with E-state index in [0.717, 1.165) is 87.6 Å². The number of hydrogen-bond acceptors (Lipinski definition) is 6. The van der Waals surface area contributed by atoms with Crippen LogP contribution in [-0.4, -0.2) is 71.7 Å². The van der Waals surface area contributed by atoms with Crippen molar-refractivity contribution in [1.29, 1.82) is 0 Å². The lowest BCUT2D eigenvalue weighted by molar-refractivity contribution is -0.106. The zero-order valence-electron chi connectivity index (χ0n) is 20.2. The van der Waals surface area contributed by atoms with E-state index in [1.54, 1.807) is 6.08 Å². The van der Waals surface area contributed by atoms with Crippen molar-refractivity contribution in [2.24, 2.45) is 7.05 Å². The fourth-order valence-corrected chi connectivity index (χ4v) is 3.89. The fourth-order valence-electron chi connectivity index (χ4n) is 3.77.